The Kier molecular flexibility index (Phi) is 9.35. The SMILES string of the molecule is COc1cc(CCCCO[C@@H]2CCN([C@@H](C(=O)O)c3cc(F)ccc3[C@@H]3CCC(F)(F)CO3)C2)nc2c1CCCN2. The number of ether oxygens (including phenoxy) is 3. The van der Waals surface area contributed by atoms with Gasteiger partial charge >= 0.3 is 5.97 Å². The average molecular weight is 578 g/mol. The molecule has 2 fully saturated rings. The lowest BCUT2D eigenvalue weighted by Crippen LogP contribution is -2.36. The quantitative estimate of drug-likeness (QED) is 0.347. The molecular formula is C30H38F3N3O5. The van der Waals surface area contributed by atoms with E-state index in [-0.39, 0.29) is 24.5 Å². The molecule has 8 nitrogen and oxygen atoms in total. The second kappa shape index (κ2) is 13.0. The fraction of sp³-hybridized carbons (Fsp3) is 0.600. The zero-order valence-corrected chi connectivity index (χ0v) is 23.3. The van der Waals surface area contributed by atoms with Crippen molar-refractivity contribution >= 4 is 11.8 Å². The van der Waals surface area contributed by atoms with Gasteiger partial charge in [-0.25, -0.2) is 18.2 Å². The minimum Gasteiger partial charge on any atom is -0.496 e. The molecule has 41 heavy (non-hydrogen) atoms. The van der Waals surface area contributed by atoms with E-state index in [1.165, 1.54) is 18.2 Å². The molecule has 1 aromatic heterocycles. The number of benzene rings is 1. The number of carboxylic acids is 1. The van der Waals surface area contributed by atoms with Crippen LogP contribution in [0.15, 0.2) is 24.3 Å². The number of carboxylic acid groups (broad SMARTS) is 1. The number of hydrogen-bond acceptors (Lipinski definition) is 7. The molecule has 3 aliphatic rings. The first-order valence-corrected chi connectivity index (χ1v) is 14.4. The third-order valence-corrected chi connectivity index (χ3v) is 8.17. The Morgan fingerprint density at radius 2 is 2.15 bits per heavy atom. The van der Waals surface area contributed by atoms with Crippen LogP contribution in [0.25, 0.3) is 0 Å². The summed E-state index contributed by atoms with van der Waals surface area (Å²) in [5.74, 6) is -2.83. The van der Waals surface area contributed by atoms with E-state index in [0.29, 0.717) is 31.7 Å². The van der Waals surface area contributed by atoms with Crippen molar-refractivity contribution in [2.24, 2.45) is 0 Å². The van der Waals surface area contributed by atoms with Crippen LogP contribution in [0.5, 0.6) is 5.75 Å². The molecule has 224 valence electrons. The highest BCUT2D eigenvalue weighted by Gasteiger charge is 2.40. The molecule has 4 heterocycles. The van der Waals surface area contributed by atoms with Crippen LogP contribution < -0.4 is 10.1 Å². The normalized spacial score (nSPS) is 23.0. The van der Waals surface area contributed by atoms with E-state index in [9.17, 15) is 23.1 Å². The fourth-order valence-corrected chi connectivity index (χ4v) is 6.08. The number of unbranched alkanes of at least 4 members (excludes halogenated alkanes) is 1. The molecule has 0 saturated carbocycles. The summed E-state index contributed by atoms with van der Waals surface area (Å²) in [6.45, 7) is 1.55. The summed E-state index contributed by atoms with van der Waals surface area (Å²) in [5, 5.41) is 13.5. The summed E-state index contributed by atoms with van der Waals surface area (Å²) in [4.78, 5) is 18.9. The lowest BCUT2D eigenvalue weighted by molar-refractivity contribution is -0.147. The van der Waals surface area contributed by atoms with E-state index in [1.807, 2.05) is 6.07 Å². The number of halogens is 3. The molecule has 0 radical (unpaired) electrons. The Labute approximate surface area is 238 Å². The zero-order chi connectivity index (χ0) is 29.0. The van der Waals surface area contributed by atoms with Gasteiger partial charge in [0.05, 0.1) is 19.3 Å². The van der Waals surface area contributed by atoms with E-state index in [4.69, 9.17) is 19.2 Å². The number of hydrogen-bond donors (Lipinski definition) is 2. The standard InChI is InChI=1S/C30H38F3N3O5/c1-39-26-16-20(35-28-23(26)6-4-12-34-28)5-2-3-14-40-21-10-13-36(17-21)27(29(37)38)24-15-19(31)7-8-22(24)25-9-11-30(32,33)18-41-25/h7-8,15-16,21,25,27H,2-6,9-14,17-18H2,1H3,(H,34,35)(H,37,38)/t21-,25+,27-/m1/s1. The van der Waals surface area contributed by atoms with Crippen LogP contribution in [0, 0.1) is 5.82 Å². The van der Waals surface area contributed by atoms with Gasteiger partial charge in [-0.3, -0.25) is 9.69 Å². The maximum Gasteiger partial charge on any atom is 0.325 e. The number of alkyl halides is 2. The van der Waals surface area contributed by atoms with Gasteiger partial charge in [0.15, 0.2) is 0 Å². The Balaban J connectivity index is 1.15. The molecule has 2 saturated heterocycles. The van der Waals surface area contributed by atoms with Crippen LogP contribution in [0.1, 0.15) is 73.1 Å². The molecule has 0 spiro atoms. The van der Waals surface area contributed by atoms with Crippen molar-refractivity contribution in [1.29, 1.82) is 0 Å². The van der Waals surface area contributed by atoms with Crippen molar-refractivity contribution in [1.82, 2.24) is 9.88 Å². The van der Waals surface area contributed by atoms with Crippen LogP contribution in [0.4, 0.5) is 19.0 Å². The molecule has 3 aliphatic heterocycles. The molecule has 0 aliphatic carbocycles. The number of nitrogens with one attached hydrogen (secondary N) is 1. The Morgan fingerprint density at radius 3 is 2.90 bits per heavy atom. The number of methoxy groups -OCH3 is 1. The molecule has 2 N–H and O–H groups in total. The summed E-state index contributed by atoms with van der Waals surface area (Å²) in [6, 6.07) is 4.76. The number of fused-ring (bicyclic) bond motifs is 1. The molecule has 0 amide bonds. The maximum absolute atomic E-state index is 14.3. The van der Waals surface area contributed by atoms with E-state index in [1.54, 1.807) is 12.0 Å². The van der Waals surface area contributed by atoms with Crippen LogP contribution in [-0.2, 0) is 27.1 Å². The number of anilines is 1. The predicted octanol–water partition coefficient (Wildman–Crippen LogP) is 5.31. The lowest BCUT2D eigenvalue weighted by atomic mass is 9.91. The summed E-state index contributed by atoms with van der Waals surface area (Å²) < 4.78 is 58.7. The molecule has 11 heteroatoms. The average Bonchev–Trinajstić information content (AvgIpc) is 3.41. The van der Waals surface area contributed by atoms with Gasteiger partial charge in [0.1, 0.15) is 30.0 Å². The molecule has 3 atom stereocenters. The Hall–Kier alpha value is -2.89. The molecule has 1 aromatic carbocycles. The number of aryl methyl sites for hydroxylation is 1. The highest BCUT2D eigenvalue weighted by Crippen LogP contribution is 2.40. The van der Waals surface area contributed by atoms with E-state index < -0.39 is 36.5 Å². The van der Waals surface area contributed by atoms with Gasteiger partial charge in [-0.15, -0.1) is 0 Å². The number of carbonyl (C=O) groups is 1. The Bertz CT molecular complexity index is 1200. The van der Waals surface area contributed by atoms with Crippen molar-refractivity contribution in [3.8, 4) is 5.75 Å². The van der Waals surface area contributed by atoms with Crippen LogP contribution in [0.3, 0.4) is 0 Å². The summed E-state index contributed by atoms with van der Waals surface area (Å²) in [7, 11) is 1.68. The van der Waals surface area contributed by atoms with Gasteiger partial charge in [0, 0.05) is 50.0 Å². The van der Waals surface area contributed by atoms with Crippen molar-refractivity contribution < 1.29 is 37.3 Å². The molecule has 2 aromatic rings. The minimum absolute atomic E-state index is 0.0357. The number of aliphatic carboxylic acids is 1. The summed E-state index contributed by atoms with van der Waals surface area (Å²) in [6.07, 6.45) is 4.00. The van der Waals surface area contributed by atoms with Crippen LogP contribution in [0.2, 0.25) is 0 Å². The van der Waals surface area contributed by atoms with Gasteiger partial charge < -0.3 is 24.6 Å². The fourth-order valence-electron chi connectivity index (χ4n) is 6.08. The van der Waals surface area contributed by atoms with Gasteiger partial charge in [0.25, 0.3) is 5.92 Å². The molecule has 0 unspecified atom stereocenters. The molecule has 0 bridgehead atoms. The number of likely N-dealkylation sites (tertiary alicyclic amines) is 1. The predicted molar refractivity (Wildman–Crippen MR) is 146 cm³/mol. The molecular weight excluding hydrogens is 539 g/mol. The van der Waals surface area contributed by atoms with Gasteiger partial charge in [-0.1, -0.05) is 6.07 Å². The largest absolute Gasteiger partial charge is 0.496 e. The zero-order valence-electron chi connectivity index (χ0n) is 23.3. The first-order chi connectivity index (χ1) is 19.7. The third-order valence-electron chi connectivity index (χ3n) is 8.17. The number of pyridine rings is 1. The second-order valence-corrected chi connectivity index (χ2v) is 11.1. The van der Waals surface area contributed by atoms with Crippen molar-refractivity contribution in [3.63, 3.8) is 0 Å². The van der Waals surface area contributed by atoms with Crippen LogP contribution >= 0.6 is 0 Å². The van der Waals surface area contributed by atoms with Gasteiger partial charge in [0.2, 0.25) is 0 Å². The maximum atomic E-state index is 14.3. The Morgan fingerprint density at radius 1 is 1.29 bits per heavy atom. The summed E-state index contributed by atoms with van der Waals surface area (Å²) in [5.41, 5.74) is 2.80. The lowest BCUT2D eigenvalue weighted by Gasteiger charge is -2.32. The minimum atomic E-state index is -2.91. The van der Waals surface area contributed by atoms with Crippen molar-refractivity contribution in [2.75, 3.05) is 45.3 Å². The van der Waals surface area contributed by atoms with E-state index in [2.05, 4.69) is 5.32 Å². The number of nitrogens with zero attached hydrogens (tertiary/aromatic N) is 2. The first kappa shape index (κ1) is 29.6. The highest BCUT2D eigenvalue weighted by atomic mass is 19.3. The number of aromatic nitrogens is 1. The van der Waals surface area contributed by atoms with Gasteiger partial charge in [-0.2, -0.15) is 0 Å². The van der Waals surface area contributed by atoms with E-state index >= 15 is 0 Å². The molecule has 5 rings (SSSR count). The third kappa shape index (κ3) is 7.13. The topological polar surface area (TPSA) is 93.2 Å². The smallest absolute Gasteiger partial charge is 0.325 e. The van der Waals surface area contributed by atoms with E-state index in [0.717, 1.165) is 61.5 Å². The van der Waals surface area contributed by atoms with Crippen molar-refractivity contribution in [2.45, 2.75) is 75.5 Å². The van der Waals surface area contributed by atoms with Crippen LogP contribution in [-0.4, -0.2) is 72.9 Å². The highest BCUT2D eigenvalue weighted by molar-refractivity contribution is 5.76. The first-order valence-electron chi connectivity index (χ1n) is 14.4. The number of rotatable bonds is 11. The van der Waals surface area contributed by atoms with Crippen molar-refractivity contribution in [3.05, 3.63) is 52.5 Å². The second-order valence-electron chi connectivity index (χ2n) is 11.1. The van der Waals surface area contributed by atoms with Gasteiger partial charge in [-0.05, 0) is 68.2 Å². The monoisotopic (exact) mass is 577 g/mol. The summed E-state index contributed by atoms with van der Waals surface area (Å²) >= 11 is 0.